The van der Waals surface area contributed by atoms with Crippen LogP contribution in [0.3, 0.4) is 0 Å². The summed E-state index contributed by atoms with van der Waals surface area (Å²) >= 11 is 0. The number of nitrogens with zero attached hydrogens (tertiary/aromatic N) is 1. The number of fused-ring (bicyclic) bond motifs is 2. The van der Waals surface area contributed by atoms with Gasteiger partial charge >= 0.3 is 11.7 Å². The Hall–Kier alpha value is -3.42. The first-order valence-electron chi connectivity index (χ1n) is 8.60. The van der Waals surface area contributed by atoms with Crippen molar-refractivity contribution in [2.75, 3.05) is 5.73 Å². The van der Waals surface area contributed by atoms with Gasteiger partial charge in [-0.1, -0.05) is 18.2 Å². The van der Waals surface area contributed by atoms with Crippen LogP contribution in [0.1, 0.15) is 40.2 Å². The first-order chi connectivity index (χ1) is 12.9. The van der Waals surface area contributed by atoms with Gasteiger partial charge in [-0.3, -0.25) is 14.8 Å². The number of carbonyl (C=O) groups is 1. The second-order valence-electron chi connectivity index (χ2n) is 6.44. The summed E-state index contributed by atoms with van der Waals surface area (Å²) in [7, 11) is 0. The number of para-hydroxylation sites is 1. The van der Waals surface area contributed by atoms with Crippen LogP contribution in [0, 0.1) is 6.92 Å². The van der Waals surface area contributed by atoms with Crippen LogP contribution < -0.4 is 17.0 Å². The van der Waals surface area contributed by atoms with E-state index in [4.69, 9.17) is 15.8 Å². The molecule has 0 bridgehead atoms. The van der Waals surface area contributed by atoms with Crippen molar-refractivity contribution in [1.29, 1.82) is 0 Å². The van der Waals surface area contributed by atoms with Crippen molar-refractivity contribution in [2.45, 2.75) is 32.6 Å². The number of benzene rings is 1. The average Bonchev–Trinajstić information content (AvgIpc) is 2.63. The number of aromatic carboxylic acids is 1. The second kappa shape index (κ2) is 7.45. The number of aryl methyl sites for hydroxylation is 2. The summed E-state index contributed by atoms with van der Waals surface area (Å²) in [6, 6.07) is 7.04. The molecule has 5 N–H and O–H groups in total. The van der Waals surface area contributed by atoms with E-state index in [0.717, 1.165) is 35.5 Å². The summed E-state index contributed by atoms with van der Waals surface area (Å²) in [5, 5.41) is 9.44. The van der Waals surface area contributed by atoms with Crippen molar-refractivity contribution < 1.29 is 9.90 Å². The number of nitrogens with two attached hydrogens (primary N) is 1. The highest BCUT2D eigenvalue weighted by Crippen LogP contribution is 2.31. The Morgan fingerprint density at radius 2 is 1.93 bits per heavy atom. The number of anilines is 1. The zero-order valence-corrected chi connectivity index (χ0v) is 14.8. The lowest BCUT2D eigenvalue weighted by Gasteiger charge is -2.19. The molecule has 8 heteroatoms. The Labute approximate surface area is 154 Å². The number of nitrogen functional groups attached to an aromatic ring is 1. The molecule has 0 radical (unpaired) electrons. The maximum atomic E-state index is 10.5. The fraction of sp³-hybridized carbons (Fsp3) is 0.263. The predicted molar refractivity (Wildman–Crippen MR) is 102 cm³/mol. The molecule has 2 aromatic heterocycles. The van der Waals surface area contributed by atoms with Crippen LogP contribution in [0.4, 0.5) is 5.69 Å². The van der Waals surface area contributed by atoms with Gasteiger partial charge in [-0.25, -0.2) is 9.59 Å². The van der Waals surface area contributed by atoms with Crippen molar-refractivity contribution in [1.82, 2.24) is 15.0 Å². The monoisotopic (exact) mass is 368 g/mol. The van der Waals surface area contributed by atoms with Gasteiger partial charge in [0, 0.05) is 22.8 Å². The van der Waals surface area contributed by atoms with E-state index in [9.17, 15) is 14.4 Å². The lowest BCUT2D eigenvalue weighted by atomic mass is 9.92. The normalized spacial score (nSPS) is 12.8. The summed E-state index contributed by atoms with van der Waals surface area (Å²) in [5.74, 6) is -1.34. The number of H-pyrrole nitrogens is 2. The van der Waals surface area contributed by atoms with E-state index in [-0.39, 0.29) is 0 Å². The molecular weight excluding hydrogens is 348 g/mol. The Kier molecular flexibility index (Phi) is 5.07. The van der Waals surface area contributed by atoms with E-state index in [1.54, 1.807) is 0 Å². The standard InChI is InChI=1S/C14H16N2.C5H4N2O4/c1-9-5-4-7-11-13(15)10-6-2-3-8-12(10)16-14(9)11;8-3-1-2(4(9)10)6-5(11)7-3/h4-5,7H,2-3,6,8H2,1H3,(H2,15,16);1H,(H,9,10)(H2,6,7,8,11). The average molecular weight is 368 g/mol. The van der Waals surface area contributed by atoms with Crippen LogP contribution in [0.2, 0.25) is 0 Å². The molecule has 0 spiro atoms. The van der Waals surface area contributed by atoms with Crippen molar-refractivity contribution in [3.05, 3.63) is 67.6 Å². The zero-order valence-electron chi connectivity index (χ0n) is 14.8. The van der Waals surface area contributed by atoms with Crippen molar-refractivity contribution in [3.8, 4) is 0 Å². The third-order valence-corrected chi connectivity index (χ3v) is 4.53. The SMILES string of the molecule is Cc1cccc2c(N)c3c(nc12)CCCC3.O=C(O)c1cc(=O)[nH]c(=O)[nH]1. The highest BCUT2D eigenvalue weighted by Gasteiger charge is 2.16. The van der Waals surface area contributed by atoms with Gasteiger partial charge in [0.05, 0.1) is 5.52 Å². The number of carboxylic acids is 1. The second-order valence-corrected chi connectivity index (χ2v) is 6.44. The van der Waals surface area contributed by atoms with Gasteiger partial charge in [-0.15, -0.1) is 0 Å². The molecule has 140 valence electrons. The number of rotatable bonds is 1. The van der Waals surface area contributed by atoms with E-state index >= 15 is 0 Å². The molecule has 0 atom stereocenters. The Bertz CT molecular complexity index is 1100. The fourth-order valence-corrected chi connectivity index (χ4v) is 3.21. The minimum absolute atomic E-state index is 0.418. The smallest absolute Gasteiger partial charge is 0.352 e. The van der Waals surface area contributed by atoms with Gasteiger partial charge in [0.2, 0.25) is 0 Å². The van der Waals surface area contributed by atoms with Gasteiger partial charge in [0.25, 0.3) is 5.56 Å². The summed E-state index contributed by atoms with van der Waals surface area (Å²) in [4.78, 5) is 39.7. The molecule has 1 aromatic carbocycles. The molecule has 0 unspecified atom stereocenters. The van der Waals surface area contributed by atoms with Gasteiger partial charge < -0.3 is 15.8 Å². The maximum Gasteiger partial charge on any atom is 0.352 e. The molecule has 8 nitrogen and oxygen atoms in total. The number of pyridine rings is 1. The highest BCUT2D eigenvalue weighted by molar-refractivity contribution is 5.94. The molecule has 0 aliphatic heterocycles. The molecule has 2 heterocycles. The van der Waals surface area contributed by atoms with Crippen molar-refractivity contribution in [3.63, 3.8) is 0 Å². The van der Waals surface area contributed by atoms with Gasteiger partial charge in [0.1, 0.15) is 5.69 Å². The zero-order chi connectivity index (χ0) is 19.6. The van der Waals surface area contributed by atoms with E-state index < -0.39 is 22.9 Å². The summed E-state index contributed by atoms with van der Waals surface area (Å²) in [6.07, 6.45) is 4.68. The highest BCUT2D eigenvalue weighted by atomic mass is 16.4. The Morgan fingerprint density at radius 1 is 1.19 bits per heavy atom. The van der Waals surface area contributed by atoms with Gasteiger partial charge in [-0.05, 0) is 43.7 Å². The molecule has 1 aliphatic carbocycles. The molecule has 0 saturated heterocycles. The van der Waals surface area contributed by atoms with E-state index in [2.05, 4.69) is 25.1 Å². The summed E-state index contributed by atoms with van der Waals surface area (Å²) < 4.78 is 0. The lowest BCUT2D eigenvalue weighted by Crippen LogP contribution is -2.24. The number of aromatic nitrogens is 3. The van der Waals surface area contributed by atoms with Crippen LogP contribution >= 0.6 is 0 Å². The van der Waals surface area contributed by atoms with Gasteiger partial charge in [-0.2, -0.15) is 0 Å². The fourth-order valence-electron chi connectivity index (χ4n) is 3.21. The predicted octanol–water partition coefficient (Wildman–Crippen LogP) is 1.77. The summed E-state index contributed by atoms with van der Waals surface area (Å²) in [5.41, 5.74) is 10.1. The number of carboxylic acid groups (broad SMARTS) is 1. The van der Waals surface area contributed by atoms with Crippen LogP contribution in [0.25, 0.3) is 10.9 Å². The Balaban J connectivity index is 0.000000168. The first-order valence-corrected chi connectivity index (χ1v) is 8.60. The van der Waals surface area contributed by atoms with Crippen molar-refractivity contribution >= 4 is 22.6 Å². The molecule has 1 aliphatic rings. The van der Waals surface area contributed by atoms with E-state index in [0.29, 0.717) is 0 Å². The molecule has 0 amide bonds. The molecule has 4 rings (SSSR count). The molecule has 0 fully saturated rings. The van der Waals surface area contributed by atoms with Crippen LogP contribution in [-0.4, -0.2) is 26.0 Å². The molecular formula is C19H20N4O4. The molecule has 27 heavy (non-hydrogen) atoms. The number of aromatic amines is 2. The van der Waals surface area contributed by atoms with Crippen LogP contribution in [0.5, 0.6) is 0 Å². The Morgan fingerprint density at radius 3 is 2.63 bits per heavy atom. The van der Waals surface area contributed by atoms with Gasteiger partial charge in [0.15, 0.2) is 0 Å². The number of hydrogen-bond donors (Lipinski definition) is 4. The minimum Gasteiger partial charge on any atom is -0.477 e. The van der Waals surface area contributed by atoms with Crippen LogP contribution in [0.15, 0.2) is 33.9 Å². The topological polar surface area (TPSA) is 142 Å². The third-order valence-electron chi connectivity index (χ3n) is 4.53. The maximum absolute atomic E-state index is 10.5. The lowest BCUT2D eigenvalue weighted by molar-refractivity contribution is 0.0689. The number of nitrogens with one attached hydrogen (secondary N) is 2. The summed E-state index contributed by atoms with van der Waals surface area (Å²) in [6.45, 7) is 2.10. The quantitative estimate of drug-likeness (QED) is 0.515. The first kappa shape index (κ1) is 18.4. The largest absolute Gasteiger partial charge is 0.477 e. The van der Waals surface area contributed by atoms with E-state index in [1.165, 1.54) is 29.7 Å². The number of hydrogen-bond acceptors (Lipinski definition) is 5. The third kappa shape index (κ3) is 3.89. The molecule has 3 aromatic rings. The van der Waals surface area contributed by atoms with E-state index in [1.807, 2.05) is 9.97 Å². The minimum atomic E-state index is -1.34. The van der Waals surface area contributed by atoms with Crippen molar-refractivity contribution in [2.24, 2.45) is 0 Å². The molecule has 0 saturated carbocycles. The van der Waals surface area contributed by atoms with Crippen LogP contribution in [-0.2, 0) is 12.8 Å².